The van der Waals surface area contributed by atoms with E-state index in [0.29, 0.717) is 26.1 Å². The van der Waals surface area contributed by atoms with Crippen molar-refractivity contribution >= 4 is 17.7 Å². The maximum absolute atomic E-state index is 12.5. The lowest BCUT2D eigenvalue weighted by Crippen LogP contribution is -2.42. The fourth-order valence-electron chi connectivity index (χ4n) is 3.06. The molecule has 6 heteroatoms. The Morgan fingerprint density at radius 2 is 1.88 bits per heavy atom. The number of rotatable bonds is 6. The van der Waals surface area contributed by atoms with E-state index >= 15 is 0 Å². The molecule has 1 aliphatic heterocycles. The van der Waals surface area contributed by atoms with Crippen molar-refractivity contribution in [1.29, 1.82) is 0 Å². The molecule has 0 spiro atoms. The molecule has 0 radical (unpaired) electrons. The second-order valence-corrected chi connectivity index (χ2v) is 6.46. The van der Waals surface area contributed by atoms with Crippen molar-refractivity contribution in [1.82, 2.24) is 9.80 Å². The molecular weight excluding hydrogens is 306 g/mol. The van der Waals surface area contributed by atoms with E-state index in [1.54, 1.807) is 9.80 Å². The van der Waals surface area contributed by atoms with Crippen molar-refractivity contribution < 1.29 is 14.4 Å². The van der Waals surface area contributed by atoms with E-state index in [9.17, 15) is 14.4 Å². The van der Waals surface area contributed by atoms with Gasteiger partial charge in [-0.15, -0.1) is 0 Å². The minimum Gasteiger partial charge on any atom is -0.369 e. The van der Waals surface area contributed by atoms with Crippen LogP contribution < -0.4 is 5.73 Å². The Kier molecular flexibility index (Phi) is 5.95. The predicted molar refractivity (Wildman–Crippen MR) is 90.8 cm³/mol. The molecule has 1 heterocycles. The summed E-state index contributed by atoms with van der Waals surface area (Å²) >= 11 is 0. The summed E-state index contributed by atoms with van der Waals surface area (Å²) in [6.07, 6.45) is 0.702. The molecule has 1 aliphatic rings. The van der Waals surface area contributed by atoms with Crippen LogP contribution in [0.1, 0.15) is 19.4 Å². The van der Waals surface area contributed by atoms with Gasteiger partial charge in [-0.05, 0) is 17.9 Å². The van der Waals surface area contributed by atoms with Crippen molar-refractivity contribution in [3.05, 3.63) is 35.9 Å². The van der Waals surface area contributed by atoms with Gasteiger partial charge in [-0.1, -0.05) is 37.3 Å². The summed E-state index contributed by atoms with van der Waals surface area (Å²) in [7, 11) is 0. The summed E-state index contributed by atoms with van der Waals surface area (Å²) in [4.78, 5) is 38.9. The number of hydrogen-bond acceptors (Lipinski definition) is 3. The molecule has 2 rings (SSSR count). The Morgan fingerprint density at radius 3 is 2.42 bits per heavy atom. The molecule has 1 aromatic carbocycles. The maximum Gasteiger partial charge on any atom is 0.242 e. The largest absolute Gasteiger partial charge is 0.369 e. The molecule has 1 saturated heterocycles. The number of likely N-dealkylation sites (tertiary alicyclic amines) is 1. The standard InChI is InChI=1S/C18H25N3O3/c1-13-10-21(11-16(13)18(19)24)17(23)12-20(14(2)22)9-8-15-6-4-3-5-7-15/h3-7,13,16H,8-12H2,1-2H3,(H2,19,24)/t13-,16-/m1/s1. The number of benzene rings is 1. The van der Waals surface area contributed by atoms with Crippen LogP contribution in [0.4, 0.5) is 0 Å². The monoisotopic (exact) mass is 331 g/mol. The quantitative estimate of drug-likeness (QED) is 0.831. The zero-order valence-electron chi connectivity index (χ0n) is 14.3. The average Bonchev–Trinajstić information content (AvgIpc) is 2.94. The molecule has 6 nitrogen and oxygen atoms in total. The van der Waals surface area contributed by atoms with E-state index in [1.165, 1.54) is 6.92 Å². The van der Waals surface area contributed by atoms with Crippen LogP contribution in [0, 0.1) is 11.8 Å². The van der Waals surface area contributed by atoms with E-state index < -0.39 is 0 Å². The van der Waals surface area contributed by atoms with Gasteiger partial charge in [0.2, 0.25) is 17.7 Å². The number of nitrogens with two attached hydrogens (primary N) is 1. The summed E-state index contributed by atoms with van der Waals surface area (Å²) in [5, 5.41) is 0. The summed E-state index contributed by atoms with van der Waals surface area (Å²) < 4.78 is 0. The smallest absolute Gasteiger partial charge is 0.242 e. The molecule has 1 aromatic rings. The van der Waals surface area contributed by atoms with Gasteiger partial charge >= 0.3 is 0 Å². The molecule has 0 aromatic heterocycles. The Morgan fingerprint density at radius 1 is 1.21 bits per heavy atom. The molecule has 0 saturated carbocycles. The number of carbonyl (C=O) groups excluding carboxylic acids is 3. The van der Waals surface area contributed by atoms with Gasteiger partial charge in [0.25, 0.3) is 0 Å². The fraction of sp³-hybridized carbons (Fsp3) is 0.500. The summed E-state index contributed by atoms with van der Waals surface area (Å²) in [6.45, 7) is 4.78. The molecule has 3 amide bonds. The summed E-state index contributed by atoms with van der Waals surface area (Å²) in [6, 6.07) is 9.85. The van der Waals surface area contributed by atoms with E-state index in [1.807, 2.05) is 37.3 Å². The molecule has 24 heavy (non-hydrogen) atoms. The predicted octanol–water partition coefficient (Wildman–Crippen LogP) is 0.657. The van der Waals surface area contributed by atoms with Crippen LogP contribution in [0.15, 0.2) is 30.3 Å². The van der Waals surface area contributed by atoms with Gasteiger partial charge in [0.1, 0.15) is 0 Å². The van der Waals surface area contributed by atoms with Crippen LogP contribution in [0.25, 0.3) is 0 Å². The second-order valence-electron chi connectivity index (χ2n) is 6.46. The van der Waals surface area contributed by atoms with Crippen molar-refractivity contribution in [2.45, 2.75) is 20.3 Å². The highest BCUT2D eigenvalue weighted by molar-refractivity contribution is 5.85. The molecular formula is C18H25N3O3. The van der Waals surface area contributed by atoms with E-state index in [-0.39, 0.29) is 36.1 Å². The van der Waals surface area contributed by atoms with Gasteiger partial charge in [-0.3, -0.25) is 14.4 Å². The minimum absolute atomic E-state index is 0.0420. The highest BCUT2D eigenvalue weighted by Crippen LogP contribution is 2.22. The zero-order valence-corrected chi connectivity index (χ0v) is 14.3. The average molecular weight is 331 g/mol. The minimum atomic E-state index is -0.370. The number of primary amides is 1. The number of nitrogens with zero attached hydrogens (tertiary/aromatic N) is 2. The first-order chi connectivity index (χ1) is 11.4. The van der Waals surface area contributed by atoms with Gasteiger partial charge in [-0.2, -0.15) is 0 Å². The first-order valence-corrected chi connectivity index (χ1v) is 8.25. The van der Waals surface area contributed by atoms with Crippen LogP contribution in [0.2, 0.25) is 0 Å². The lowest BCUT2D eigenvalue weighted by Gasteiger charge is -2.24. The van der Waals surface area contributed by atoms with E-state index in [4.69, 9.17) is 5.73 Å². The van der Waals surface area contributed by atoms with E-state index in [2.05, 4.69) is 0 Å². The molecule has 2 atom stereocenters. The number of carbonyl (C=O) groups is 3. The first-order valence-electron chi connectivity index (χ1n) is 8.25. The summed E-state index contributed by atoms with van der Waals surface area (Å²) in [5.74, 6) is -0.872. The van der Waals surface area contributed by atoms with Crippen LogP contribution in [-0.4, -0.2) is 53.7 Å². The molecule has 130 valence electrons. The van der Waals surface area contributed by atoms with Crippen LogP contribution in [0.3, 0.4) is 0 Å². The molecule has 0 unspecified atom stereocenters. The van der Waals surface area contributed by atoms with Crippen LogP contribution in [0.5, 0.6) is 0 Å². The highest BCUT2D eigenvalue weighted by atomic mass is 16.2. The third kappa shape index (κ3) is 4.57. The normalized spacial score (nSPS) is 20.0. The lowest BCUT2D eigenvalue weighted by molar-refractivity contribution is -0.139. The number of hydrogen-bond donors (Lipinski definition) is 1. The van der Waals surface area contributed by atoms with Crippen LogP contribution in [-0.2, 0) is 20.8 Å². The van der Waals surface area contributed by atoms with Crippen LogP contribution >= 0.6 is 0 Å². The third-order valence-electron chi connectivity index (χ3n) is 4.62. The Labute approximate surface area is 142 Å². The van der Waals surface area contributed by atoms with Gasteiger partial charge < -0.3 is 15.5 Å². The Bertz CT molecular complexity index is 603. The van der Waals surface area contributed by atoms with Gasteiger partial charge in [0, 0.05) is 26.6 Å². The Balaban J connectivity index is 1.92. The third-order valence-corrected chi connectivity index (χ3v) is 4.62. The van der Waals surface area contributed by atoms with Crippen molar-refractivity contribution in [3.8, 4) is 0 Å². The van der Waals surface area contributed by atoms with Gasteiger partial charge in [0.15, 0.2) is 0 Å². The lowest BCUT2D eigenvalue weighted by atomic mass is 9.98. The molecule has 0 bridgehead atoms. The van der Waals surface area contributed by atoms with Gasteiger partial charge in [0.05, 0.1) is 12.5 Å². The Hall–Kier alpha value is -2.37. The number of amides is 3. The second kappa shape index (κ2) is 7.95. The van der Waals surface area contributed by atoms with Crippen molar-refractivity contribution in [2.75, 3.05) is 26.2 Å². The molecule has 0 aliphatic carbocycles. The molecule has 2 N–H and O–H groups in total. The van der Waals surface area contributed by atoms with E-state index in [0.717, 1.165) is 5.56 Å². The highest BCUT2D eigenvalue weighted by Gasteiger charge is 2.36. The van der Waals surface area contributed by atoms with Crippen molar-refractivity contribution in [3.63, 3.8) is 0 Å². The topological polar surface area (TPSA) is 83.7 Å². The SMILES string of the molecule is CC(=O)N(CCc1ccccc1)CC(=O)N1C[C@@H](C)[C@H](C(N)=O)C1. The fourth-order valence-corrected chi connectivity index (χ4v) is 3.06. The molecule has 1 fully saturated rings. The maximum atomic E-state index is 12.5. The summed E-state index contributed by atoms with van der Waals surface area (Å²) in [5.41, 5.74) is 6.50. The van der Waals surface area contributed by atoms with Crippen molar-refractivity contribution in [2.24, 2.45) is 17.6 Å². The van der Waals surface area contributed by atoms with Gasteiger partial charge in [-0.25, -0.2) is 0 Å². The first kappa shape index (κ1) is 18.0. The zero-order chi connectivity index (χ0) is 17.7.